The number of quaternary nitrogens is 1. The van der Waals surface area contributed by atoms with Crippen molar-refractivity contribution in [1.29, 1.82) is 0 Å². The summed E-state index contributed by atoms with van der Waals surface area (Å²) in [5, 5.41) is 15.5. The maximum atomic E-state index is 12.5. The van der Waals surface area contributed by atoms with Gasteiger partial charge in [-0.15, -0.1) is 0 Å². The van der Waals surface area contributed by atoms with E-state index in [1.165, 1.54) is 25.3 Å². The summed E-state index contributed by atoms with van der Waals surface area (Å²) < 4.78 is 10.7. The Morgan fingerprint density at radius 3 is 2.64 bits per heavy atom. The lowest BCUT2D eigenvalue weighted by Crippen LogP contribution is -2.87. The molecule has 0 unspecified atom stereocenters. The van der Waals surface area contributed by atoms with Crippen LogP contribution >= 0.6 is 0 Å². The number of furan rings is 1. The number of nitrogens with zero attached hydrogens (tertiary/aromatic N) is 1. The number of methoxy groups -OCH3 is 1. The van der Waals surface area contributed by atoms with E-state index in [4.69, 9.17) is 9.15 Å². The van der Waals surface area contributed by atoms with Crippen LogP contribution in [-0.4, -0.2) is 24.5 Å². The Bertz CT molecular complexity index is 942. The third-order valence-corrected chi connectivity index (χ3v) is 4.22. The fourth-order valence-corrected chi connectivity index (χ4v) is 2.88. The van der Waals surface area contributed by atoms with Gasteiger partial charge in [0.15, 0.2) is 18.3 Å². The number of amides is 1. The van der Waals surface area contributed by atoms with Crippen molar-refractivity contribution in [3.8, 4) is 5.75 Å². The van der Waals surface area contributed by atoms with Crippen LogP contribution in [0.3, 0.4) is 0 Å². The molecule has 3 rings (SSSR count). The molecule has 0 radical (unpaired) electrons. The first-order valence-electron chi connectivity index (χ1n) is 8.62. The topological polar surface area (TPSA) is 111 Å². The Kier molecular flexibility index (Phi) is 6.03. The number of rotatable bonds is 8. The van der Waals surface area contributed by atoms with Gasteiger partial charge in [0.05, 0.1) is 24.0 Å². The number of hydrogen-bond acceptors (Lipinski definition) is 5. The standard InChI is InChI=1S/C20H19N3O5/c1-27-17-10-9-15(23(25)26)12-16(17)22-19(24)13-21-20(18-8-5-11-28-18)14-6-3-2-4-7-14/h2-12,20-21H,13H2,1H3,(H,22,24)/p+1/t20-/m1/s1. The first-order chi connectivity index (χ1) is 13.6. The highest BCUT2D eigenvalue weighted by molar-refractivity contribution is 5.93. The largest absolute Gasteiger partial charge is 0.495 e. The van der Waals surface area contributed by atoms with Crippen LogP contribution in [0.15, 0.2) is 71.3 Å². The van der Waals surface area contributed by atoms with Crippen LogP contribution in [0.1, 0.15) is 17.4 Å². The number of carbonyl (C=O) groups is 1. The van der Waals surface area contributed by atoms with Crippen LogP contribution < -0.4 is 15.4 Å². The van der Waals surface area contributed by atoms with Crippen LogP contribution in [-0.2, 0) is 4.79 Å². The minimum absolute atomic E-state index is 0.0894. The number of ether oxygens (including phenoxy) is 1. The molecule has 3 aromatic rings. The number of carbonyl (C=O) groups excluding carboxylic acids is 1. The lowest BCUT2D eigenvalue weighted by molar-refractivity contribution is -0.678. The van der Waals surface area contributed by atoms with Crippen molar-refractivity contribution in [3.63, 3.8) is 0 Å². The van der Waals surface area contributed by atoms with Gasteiger partial charge in [-0.2, -0.15) is 0 Å². The molecule has 1 amide bonds. The monoisotopic (exact) mass is 382 g/mol. The van der Waals surface area contributed by atoms with Gasteiger partial charge in [-0.25, -0.2) is 0 Å². The van der Waals surface area contributed by atoms with Gasteiger partial charge in [0.1, 0.15) is 5.75 Å². The van der Waals surface area contributed by atoms with Crippen molar-refractivity contribution in [2.45, 2.75) is 6.04 Å². The zero-order chi connectivity index (χ0) is 19.9. The molecule has 1 heterocycles. The third kappa shape index (κ3) is 4.54. The highest BCUT2D eigenvalue weighted by atomic mass is 16.6. The van der Waals surface area contributed by atoms with Crippen molar-refractivity contribution >= 4 is 17.3 Å². The highest BCUT2D eigenvalue weighted by Gasteiger charge is 2.22. The second-order valence-corrected chi connectivity index (χ2v) is 6.03. The summed E-state index contributed by atoms with van der Waals surface area (Å²) in [5.41, 5.74) is 1.13. The van der Waals surface area contributed by atoms with Gasteiger partial charge in [-0.1, -0.05) is 30.3 Å². The Hall–Kier alpha value is -3.65. The molecule has 0 spiro atoms. The number of nitro benzene ring substituents is 1. The van der Waals surface area contributed by atoms with Gasteiger partial charge in [0, 0.05) is 17.7 Å². The van der Waals surface area contributed by atoms with Crippen LogP contribution in [0, 0.1) is 10.1 Å². The second kappa shape index (κ2) is 8.83. The van der Waals surface area contributed by atoms with Crippen molar-refractivity contribution in [1.82, 2.24) is 0 Å². The molecule has 1 atom stereocenters. The second-order valence-electron chi connectivity index (χ2n) is 6.03. The molecule has 0 aliphatic rings. The van der Waals surface area contributed by atoms with Crippen LogP contribution in [0.2, 0.25) is 0 Å². The molecule has 0 fully saturated rings. The van der Waals surface area contributed by atoms with Gasteiger partial charge < -0.3 is 19.8 Å². The third-order valence-electron chi connectivity index (χ3n) is 4.22. The first-order valence-corrected chi connectivity index (χ1v) is 8.62. The molecule has 0 saturated heterocycles. The van der Waals surface area contributed by atoms with Crippen molar-refractivity contribution < 1.29 is 24.2 Å². The molecule has 8 nitrogen and oxygen atoms in total. The smallest absolute Gasteiger partial charge is 0.279 e. The van der Waals surface area contributed by atoms with E-state index in [1.54, 1.807) is 12.3 Å². The minimum atomic E-state index is -0.524. The lowest BCUT2D eigenvalue weighted by Gasteiger charge is -2.14. The van der Waals surface area contributed by atoms with E-state index >= 15 is 0 Å². The molecule has 28 heavy (non-hydrogen) atoms. The summed E-state index contributed by atoms with van der Waals surface area (Å²) in [6, 6.07) is 17.2. The summed E-state index contributed by atoms with van der Waals surface area (Å²) in [4.78, 5) is 22.9. The molecule has 0 saturated carbocycles. The summed E-state index contributed by atoms with van der Waals surface area (Å²) in [5.74, 6) is 0.766. The lowest BCUT2D eigenvalue weighted by atomic mass is 10.0. The van der Waals surface area contributed by atoms with E-state index < -0.39 is 4.92 Å². The fourth-order valence-electron chi connectivity index (χ4n) is 2.88. The maximum Gasteiger partial charge on any atom is 0.279 e. The predicted octanol–water partition coefficient (Wildman–Crippen LogP) is 2.49. The fraction of sp³-hybridized carbons (Fsp3) is 0.150. The van der Waals surface area contributed by atoms with E-state index in [2.05, 4.69) is 5.32 Å². The maximum absolute atomic E-state index is 12.5. The van der Waals surface area contributed by atoms with Gasteiger partial charge in [-0.3, -0.25) is 14.9 Å². The normalized spacial score (nSPS) is 11.6. The van der Waals surface area contributed by atoms with E-state index in [0.717, 1.165) is 11.3 Å². The zero-order valence-corrected chi connectivity index (χ0v) is 15.2. The molecule has 3 N–H and O–H groups in total. The average Bonchev–Trinajstić information content (AvgIpc) is 3.23. The number of nitrogens with one attached hydrogen (secondary N) is 1. The number of hydrogen-bond donors (Lipinski definition) is 2. The minimum Gasteiger partial charge on any atom is -0.495 e. The predicted molar refractivity (Wildman–Crippen MR) is 102 cm³/mol. The molecular formula is C20H20N3O5+. The molecule has 8 heteroatoms. The first kappa shape index (κ1) is 19.1. The highest BCUT2D eigenvalue weighted by Crippen LogP contribution is 2.28. The Morgan fingerprint density at radius 1 is 1.21 bits per heavy atom. The van der Waals surface area contributed by atoms with Gasteiger partial charge >= 0.3 is 0 Å². The van der Waals surface area contributed by atoms with Gasteiger partial charge in [-0.05, 0) is 18.2 Å². The zero-order valence-electron chi connectivity index (χ0n) is 15.2. The molecule has 0 bridgehead atoms. The van der Waals surface area contributed by atoms with Gasteiger partial charge in [0.2, 0.25) is 0 Å². The Morgan fingerprint density at radius 2 is 2.00 bits per heavy atom. The van der Waals surface area contributed by atoms with E-state index in [9.17, 15) is 14.9 Å². The molecule has 0 aliphatic carbocycles. The van der Waals surface area contributed by atoms with E-state index in [-0.39, 0.29) is 29.9 Å². The van der Waals surface area contributed by atoms with Crippen molar-refractivity contribution in [3.05, 3.63) is 88.4 Å². The molecule has 0 aliphatic heterocycles. The van der Waals surface area contributed by atoms with Crippen LogP contribution in [0.5, 0.6) is 5.75 Å². The quantitative estimate of drug-likeness (QED) is 0.459. The summed E-state index contributed by atoms with van der Waals surface area (Å²) in [6.07, 6.45) is 1.59. The van der Waals surface area contributed by atoms with Crippen molar-refractivity contribution in [2.75, 3.05) is 19.0 Å². The molecule has 144 valence electrons. The van der Waals surface area contributed by atoms with Crippen molar-refractivity contribution in [2.24, 2.45) is 0 Å². The molecule has 2 aromatic carbocycles. The average molecular weight is 382 g/mol. The summed E-state index contributed by atoms with van der Waals surface area (Å²) >= 11 is 0. The van der Waals surface area contributed by atoms with E-state index in [0.29, 0.717) is 5.75 Å². The Labute approximate surface area is 161 Å². The number of nitrogens with two attached hydrogens (primary N) is 1. The number of nitro groups is 1. The number of non-ortho nitro benzene ring substituents is 1. The van der Waals surface area contributed by atoms with Crippen LogP contribution in [0.25, 0.3) is 0 Å². The number of benzene rings is 2. The summed E-state index contributed by atoms with van der Waals surface area (Å²) in [6.45, 7) is 0.0894. The molecular weight excluding hydrogens is 362 g/mol. The SMILES string of the molecule is COc1ccc([N+](=O)[O-])cc1NC(=O)C[NH2+][C@H](c1ccccc1)c1ccco1. The van der Waals surface area contributed by atoms with Crippen LogP contribution in [0.4, 0.5) is 11.4 Å². The number of anilines is 1. The van der Waals surface area contributed by atoms with E-state index in [1.807, 2.05) is 41.7 Å². The summed E-state index contributed by atoms with van der Waals surface area (Å²) in [7, 11) is 1.44. The van der Waals surface area contributed by atoms with Gasteiger partial charge in [0.25, 0.3) is 11.6 Å². The molecule has 1 aromatic heterocycles. The Balaban J connectivity index is 1.72.